The third-order valence-electron chi connectivity index (χ3n) is 3.13. The van der Waals surface area contributed by atoms with E-state index in [-0.39, 0.29) is 13.1 Å². The molecule has 2 rings (SSSR count). The summed E-state index contributed by atoms with van der Waals surface area (Å²) in [4.78, 5) is 15.7. The van der Waals surface area contributed by atoms with E-state index in [2.05, 4.69) is 26.2 Å². The van der Waals surface area contributed by atoms with Crippen molar-refractivity contribution in [3.05, 3.63) is 35.1 Å². The number of benzene rings is 1. The Hall–Kier alpha value is -1.71. The Balaban J connectivity index is 2.17. The van der Waals surface area contributed by atoms with Crippen LogP contribution in [0.25, 0.3) is 10.8 Å². The predicted molar refractivity (Wildman–Crippen MR) is 99.9 cm³/mol. The van der Waals surface area contributed by atoms with E-state index >= 15 is 0 Å². The molecule has 7 nitrogen and oxygen atoms in total. The molecule has 1 aromatic carbocycles. The van der Waals surface area contributed by atoms with E-state index < -0.39 is 23.0 Å². The molecule has 2 aromatic rings. The molecule has 0 bridgehead atoms. The summed E-state index contributed by atoms with van der Waals surface area (Å²) >= 11 is 0.878. The zero-order valence-corrected chi connectivity index (χ0v) is 16.5. The number of amides is 1. The first kappa shape index (κ1) is 19.6. The summed E-state index contributed by atoms with van der Waals surface area (Å²) in [6, 6.07) is 5.32. The minimum atomic E-state index is -2.50. The van der Waals surface area contributed by atoms with Crippen LogP contribution in [0.5, 0.6) is 0 Å². The quantitative estimate of drug-likeness (QED) is 0.737. The molecular formula is C16H19BrN3O4S-. The highest BCUT2D eigenvalue weighted by atomic mass is 79.9. The van der Waals surface area contributed by atoms with Gasteiger partial charge in [0.05, 0.1) is 5.69 Å². The van der Waals surface area contributed by atoms with Gasteiger partial charge in [-0.3, -0.25) is 9.19 Å². The number of pyridine rings is 1. The molecule has 0 fully saturated rings. The lowest BCUT2D eigenvalue weighted by Gasteiger charge is -2.28. The molecule has 1 aromatic heterocycles. The molecule has 0 spiro atoms. The van der Waals surface area contributed by atoms with Crippen LogP contribution in [0.4, 0.5) is 10.5 Å². The second-order valence-electron chi connectivity index (χ2n) is 6.27. The van der Waals surface area contributed by atoms with E-state index in [0.717, 1.165) is 15.2 Å². The van der Waals surface area contributed by atoms with Gasteiger partial charge < -0.3 is 18.9 Å². The summed E-state index contributed by atoms with van der Waals surface area (Å²) in [5, 5.41) is 4.11. The van der Waals surface area contributed by atoms with Gasteiger partial charge in [0.25, 0.3) is 0 Å². The number of fused-ring (bicyclic) bond motifs is 1. The van der Waals surface area contributed by atoms with Gasteiger partial charge in [0.15, 0.2) is 0 Å². The van der Waals surface area contributed by atoms with Crippen LogP contribution in [0.15, 0.2) is 35.1 Å². The summed E-state index contributed by atoms with van der Waals surface area (Å²) in [6.07, 6.45) is 2.67. The van der Waals surface area contributed by atoms with E-state index in [1.165, 1.54) is 4.31 Å². The predicted octanol–water partition coefficient (Wildman–Crippen LogP) is 3.12. The van der Waals surface area contributed by atoms with E-state index in [0.29, 0.717) is 5.69 Å². The van der Waals surface area contributed by atoms with Gasteiger partial charge in [0.2, 0.25) is 0 Å². The maximum Gasteiger partial charge on any atom is 0.407 e. The molecule has 0 aliphatic carbocycles. The van der Waals surface area contributed by atoms with E-state index in [1.807, 2.05) is 6.07 Å². The fourth-order valence-electron chi connectivity index (χ4n) is 2.21. The van der Waals surface area contributed by atoms with Crippen LogP contribution < -0.4 is 9.62 Å². The van der Waals surface area contributed by atoms with Gasteiger partial charge >= 0.3 is 6.09 Å². The highest BCUT2D eigenvalue weighted by molar-refractivity contribution is 9.10. The number of carbonyl (C=O) groups is 1. The van der Waals surface area contributed by atoms with E-state index in [9.17, 15) is 13.6 Å². The van der Waals surface area contributed by atoms with E-state index in [1.54, 1.807) is 45.3 Å². The molecule has 1 atom stereocenters. The molecule has 1 amide bonds. The Morgan fingerprint density at radius 2 is 2.16 bits per heavy atom. The minimum Gasteiger partial charge on any atom is -0.755 e. The molecule has 0 aliphatic rings. The third-order valence-corrected chi connectivity index (χ3v) is 4.32. The van der Waals surface area contributed by atoms with Crippen LogP contribution in [-0.2, 0) is 16.0 Å². The topological polar surface area (TPSA) is 94.6 Å². The summed E-state index contributed by atoms with van der Waals surface area (Å²) in [5.41, 5.74) is -0.107. The maximum absolute atomic E-state index is 11.7. The lowest BCUT2D eigenvalue weighted by Crippen LogP contribution is -2.38. The Morgan fingerprint density at radius 1 is 1.44 bits per heavy atom. The number of alkyl carbamates (subject to hydrolysis) is 1. The van der Waals surface area contributed by atoms with Gasteiger partial charge in [-0.2, -0.15) is 0 Å². The van der Waals surface area contributed by atoms with Gasteiger partial charge in [0, 0.05) is 52.0 Å². The Morgan fingerprint density at radius 3 is 2.80 bits per heavy atom. The van der Waals surface area contributed by atoms with Gasteiger partial charge in [-0.25, -0.2) is 4.79 Å². The first-order valence-corrected chi connectivity index (χ1v) is 9.37. The van der Waals surface area contributed by atoms with Crippen molar-refractivity contribution in [3.63, 3.8) is 0 Å². The second-order valence-corrected chi connectivity index (χ2v) is 8.06. The molecule has 136 valence electrons. The fraction of sp³-hybridized carbons (Fsp3) is 0.375. The zero-order chi connectivity index (χ0) is 18.6. The summed E-state index contributed by atoms with van der Waals surface area (Å²) < 4.78 is 30.5. The molecule has 0 aliphatic heterocycles. The monoisotopic (exact) mass is 428 g/mol. The molecule has 9 heteroatoms. The number of nitrogens with one attached hydrogen (secondary N) is 1. The summed E-state index contributed by atoms with van der Waals surface area (Å²) in [6.45, 7) is 5.46. The van der Waals surface area contributed by atoms with Crippen LogP contribution in [-0.4, -0.2) is 38.5 Å². The molecule has 25 heavy (non-hydrogen) atoms. The van der Waals surface area contributed by atoms with Crippen molar-refractivity contribution in [3.8, 4) is 0 Å². The highest BCUT2D eigenvalue weighted by Crippen LogP contribution is 2.31. The molecule has 1 unspecified atom stereocenters. The molecular weight excluding hydrogens is 410 g/mol. The number of hydrogen-bond donors (Lipinski definition) is 1. The van der Waals surface area contributed by atoms with Gasteiger partial charge in [-0.05, 0) is 39.0 Å². The number of anilines is 1. The van der Waals surface area contributed by atoms with Gasteiger partial charge in [-0.15, -0.1) is 0 Å². The number of nitrogens with zero attached hydrogens (tertiary/aromatic N) is 2. The Bertz CT molecular complexity index is 795. The minimum absolute atomic E-state index is 0.0726. The summed E-state index contributed by atoms with van der Waals surface area (Å²) in [5.74, 6) is 0. The van der Waals surface area contributed by atoms with Crippen molar-refractivity contribution in [2.24, 2.45) is 0 Å². The Kier molecular flexibility index (Phi) is 6.36. The lowest BCUT2D eigenvalue weighted by atomic mass is 10.1. The normalized spacial score (nSPS) is 12.7. The van der Waals surface area contributed by atoms with Crippen molar-refractivity contribution < 1.29 is 18.3 Å². The van der Waals surface area contributed by atoms with Crippen molar-refractivity contribution in [2.75, 3.05) is 17.4 Å². The van der Waals surface area contributed by atoms with Crippen LogP contribution in [0, 0.1) is 0 Å². The van der Waals surface area contributed by atoms with Crippen LogP contribution >= 0.6 is 15.9 Å². The zero-order valence-electron chi connectivity index (χ0n) is 14.1. The maximum atomic E-state index is 11.7. The SMILES string of the molecule is CC(C)(C)OC(=O)NCCN(c1cc(Br)cc2cnccc12)S(=O)[O-]. The van der Waals surface area contributed by atoms with Crippen LogP contribution in [0.2, 0.25) is 0 Å². The summed E-state index contributed by atoms with van der Waals surface area (Å²) in [7, 11) is 0. The van der Waals surface area contributed by atoms with Crippen molar-refractivity contribution in [1.29, 1.82) is 0 Å². The van der Waals surface area contributed by atoms with Crippen molar-refractivity contribution >= 4 is 49.7 Å². The smallest absolute Gasteiger partial charge is 0.407 e. The molecule has 0 saturated carbocycles. The molecule has 1 N–H and O–H groups in total. The highest BCUT2D eigenvalue weighted by Gasteiger charge is 2.17. The van der Waals surface area contributed by atoms with Crippen molar-refractivity contribution in [1.82, 2.24) is 10.3 Å². The number of halogens is 1. The lowest BCUT2D eigenvalue weighted by molar-refractivity contribution is 0.0529. The Labute approximate surface area is 157 Å². The number of ether oxygens (including phenoxy) is 1. The third kappa shape index (κ3) is 5.65. The second kappa shape index (κ2) is 8.11. The number of aromatic nitrogens is 1. The van der Waals surface area contributed by atoms with Crippen LogP contribution in [0.1, 0.15) is 20.8 Å². The first-order valence-electron chi connectivity index (χ1n) is 7.54. The average molecular weight is 429 g/mol. The standard InChI is InChI=1S/C16H20BrN3O4S/c1-16(2,3)24-15(21)19-6-7-20(25(22)23)14-9-12(17)8-11-10-18-5-4-13(11)14/h4-5,8-10H,6-7H2,1-3H3,(H,19,21)(H,22,23)/p-1. The number of rotatable bonds is 5. The van der Waals surface area contributed by atoms with Crippen molar-refractivity contribution in [2.45, 2.75) is 26.4 Å². The fourth-order valence-corrected chi connectivity index (χ4v) is 3.22. The molecule has 0 saturated heterocycles. The molecule has 1 heterocycles. The average Bonchev–Trinajstić information content (AvgIpc) is 2.48. The van der Waals surface area contributed by atoms with Gasteiger partial charge in [0.1, 0.15) is 5.60 Å². The molecule has 0 radical (unpaired) electrons. The number of hydrogen-bond acceptors (Lipinski definition) is 5. The number of carbonyl (C=O) groups excluding carboxylic acids is 1. The van der Waals surface area contributed by atoms with E-state index in [4.69, 9.17) is 4.74 Å². The first-order chi connectivity index (χ1) is 11.7. The largest absolute Gasteiger partial charge is 0.755 e. The van der Waals surface area contributed by atoms with Gasteiger partial charge in [-0.1, -0.05) is 15.9 Å². The van der Waals surface area contributed by atoms with Crippen LogP contribution in [0.3, 0.4) is 0 Å².